The highest BCUT2D eigenvalue weighted by Gasteiger charge is 2.27. The maximum atomic E-state index is 12.9. The molecular weight excluding hydrogens is 312 g/mol. The van der Waals surface area contributed by atoms with Gasteiger partial charge >= 0.3 is 0 Å². The topological polar surface area (TPSA) is 59.5 Å². The number of sulfonamides is 1. The largest absolute Gasteiger partial charge is 0.495 e. The van der Waals surface area contributed by atoms with Crippen LogP contribution in [0.3, 0.4) is 0 Å². The molecular formula is C17H22N2O3S. The quantitative estimate of drug-likeness (QED) is 0.815. The number of rotatable bonds is 6. The van der Waals surface area contributed by atoms with Crippen LogP contribution in [0.4, 0.5) is 0 Å². The minimum atomic E-state index is -3.61. The predicted octanol–water partition coefficient (Wildman–Crippen LogP) is 2.57. The van der Waals surface area contributed by atoms with Crippen LogP contribution in [0.1, 0.15) is 16.7 Å². The fourth-order valence-corrected chi connectivity index (χ4v) is 4.02. The molecule has 1 aromatic heterocycles. The van der Waals surface area contributed by atoms with Gasteiger partial charge in [-0.05, 0) is 55.2 Å². The van der Waals surface area contributed by atoms with Crippen molar-refractivity contribution >= 4 is 10.0 Å². The molecule has 0 spiro atoms. The number of methoxy groups -OCH3 is 1. The van der Waals surface area contributed by atoms with Gasteiger partial charge < -0.3 is 4.74 Å². The van der Waals surface area contributed by atoms with Gasteiger partial charge in [0, 0.05) is 26.0 Å². The first-order valence-electron chi connectivity index (χ1n) is 7.36. The maximum Gasteiger partial charge on any atom is 0.246 e. The minimum absolute atomic E-state index is 0.239. The Bertz CT molecular complexity index is 774. The van der Waals surface area contributed by atoms with Gasteiger partial charge in [-0.15, -0.1) is 0 Å². The van der Waals surface area contributed by atoms with Gasteiger partial charge in [0.25, 0.3) is 0 Å². The summed E-state index contributed by atoms with van der Waals surface area (Å²) >= 11 is 0. The lowest BCUT2D eigenvalue weighted by molar-refractivity contribution is 0.397. The summed E-state index contributed by atoms with van der Waals surface area (Å²) in [6.45, 7) is 4.10. The monoisotopic (exact) mass is 334 g/mol. The molecule has 6 heteroatoms. The van der Waals surface area contributed by atoms with E-state index in [0.717, 1.165) is 11.1 Å². The van der Waals surface area contributed by atoms with Crippen molar-refractivity contribution in [3.05, 3.63) is 53.3 Å². The summed E-state index contributed by atoms with van der Waals surface area (Å²) in [4.78, 5) is 4.20. The van der Waals surface area contributed by atoms with Gasteiger partial charge in [-0.1, -0.05) is 6.07 Å². The zero-order valence-corrected chi connectivity index (χ0v) is 14.7. The number of aryl methyl sites for hydroxylation is 2. The molecule has 0 aliphatic rings. The normalized spacial score (nSPS) is 11.7. The molecule has 2 aromatic rings. The Morgan fingerprint density at radius 1 is 1.17 bits per heavy atom. The Hall–Kier alpha value is -1.92. The van der Waals surface area contributed by atoms with Gasteiger partial charge in [0.2, 0.25) is 10.0 Å². The van der Waals surface area contributed by atoms with Crippen LogP contribution < -0.4 is 4.74 Å². The van der Waals surface area contributed by atoms with Gasteiger partial charge in [-0.3, -0.25) is 4.98 Å². The van der Waals surface area contributed by atoms with Crippen molar-refractivity contribution in [3.63, 3.8) is 0 Å². The predicted molar refractivity (Wildman–Crippen MR) is 90.2 cm³/mol. The minimum Gasteiger partial charge on any atom is -0.495 e. The van der Waals surface area contributed by atoms with E-state index in [4.69, 9.17) is 4.74 Å². The molecule has 0 saturated carbocycles. The molecule has 2 rings (SSSR count). The van der Waals surface area contributed by atoms with E-state index >= 15 is 0 Å². The average molecular weight is 334 g/mol. The lowest BCUT2D eigenvalue weighted by atomic mass is 10.1. The number of benzene rings is 1. The van der Waals surface area contributed by atoms with Gasteiger partial charge in [0.05, 0.1) is 7.11 Å². The Morgan fingerprint density at radius 2 is 1.83 bits per heavy atom. The van der Waals surface area contributed by atoms with Crippen LogP contribution in [0, 0.1) is 13.8 Å². The maximum absolute atomic E-state index is 12.9. The molecule has 0 atom stereocenters. The van der Waals surface area contributed by atoms with Crippen LogP contribution in [0.15, 0.2) is 41.6 Å². The fraction of sp³-hybridized carbons (Fsp3) is 0.353. The summed E-state index contributed by atoms with van der Waals surface area (Å²) in [5, 5.41) is 0. The molecule has 5 nitrogen and oxygen atoms in total. The summed E-state index contributed by atoms with van der Waals surface area (Å²) in [5.74, 6) is 0.387. The SMILES string of the molecule is COc1cc(C)cc(C)c1S(=O)(=O)N(C)CCc1ccncc1. The van der Waals surface area contributed by atoms with Crippen molar-refractivity contribution in [2.75, 3.05) is 20.7 Å². The van der Waals surface area contributed by atoms with Gasteiger partial charge in [-0.25, -0.2) is 12.7 Å². The first kappa shape index (κ1) is 17.4. The number of aromatic nitrogens is 1. The van der Waals surface area contributed by atoms with Gasteiger partial charge in [-0.2, -0.15) is 0 Å². The molecule has 23 heavy (non-hydrogen) atoms. The number of nitrogens with zero attached hydrogens (tertiary/aromatic N) is 2. The zero-order chi connectivity index (χ0) is 17.0. The summed E-state index contributed by atoms with van der Waals surface area (Å²) < 4.78 is 32.5. The second kappa shape index (κ2) is 7.10. The van der Waals surface area contributed by atoms with E-state index in [1.54, 1.807) is 32.4 Å². The van der Waals surface area contributed by atoms with Crippen molar-refractivity contribution in [1.82, 2.24) is 9.29 Å². The van der Waals surface area contributed by atoms with Crippen molar-refractivity contribution in [3.8, 4) is 5.75 Å². The summed E-state index contributed by atoms with van der Waals surface area (Å²) in [7, 11) is -0.524. The summed E-state index contributed by atoms with van der Waals surface area (Å²) in [5.41, 5.74) is 2.71. The van der Waals surface area contributed by atoms with E-state index < -0.39 is 10.0 Å². The van der Waals surface area contributed by atoms with Gasteiger partial charge in [0.15, 0.2) is 0 Å². The molecule has 1 aromatic carbocycles. The van der Waals surface area contributed by atoms with Crippen LogP contribution in [-0.2, 0) is 16.4 Å². The lowest BCUT2D eigenvalue weighted by Crippen LogP contribution is -2.30. The van der Waals surface area contributed by atoms with Crippen LogP contribution in [0.5, 0.6) is 5.75 Å². The molecule has 0 aliphatic carbocycles. The van der Waals surface area contributed by atoms with Crippen LogP contribution in [0.25, 0.3) is 0 Å². The number of pyridine rings is 1. The van der Waals surface area contributed by atoms with E-state index in [-0.39, 0.29) is 4.90 Å². The van der Waals surface area contributed by atoms with E-state index in [0.29, 0.717) is 24.3 Å². The average Bonchev–Trinajstić information content (AvgIpc) is 2.52. The second-order valence-corrected chi connectivity index (χ2v) is 7.53. The van der Waals surface area contributed by atoms with Crippen molar-refractivity contribution < 1.29 is 13.2 Å². The summed E-state index contributed by atoms with van der Waals surface area (Å²) in [6.07, 6.45) is 4.04. The number of hydrogen-bond acceptors (Lipinski definition) is 4. The van der Waals surface area contributed by atoms with Gasteiger partial charge in [0.1, 0.15) is 10.6 Å². The Balaban J connectivity index is 2.27. The standard InChI is InChI=1S/C17H22N2O3S/c1-13-11-14(2)17(16(12-13)22-4)23(20,21)19(3)10-7-15-5-8-18-9-6-15/h5-6,8-9,11-12H,7,10H2,1-4H3. The molecule has 0 fully saturated rings. The van der Waals surface area contributed by atoms with Crippen molar-refractivity contribution in [1.29, 1.82) is 0 Å². The fourth-order valence-electron chi connectivity index (χ4n) is 2.51. The Kier molecular flexibility index (Phi) is 5.38. The highest BCUT2D eigenvalue weighted by atomic mass is 32.2. The second-order valence-electron chi connectivity index (χ2n) is 5.55. The molecule has 0 bridgehead atoms. The molecule has 0 unspecified atom stereocenters. The first-order valence-corrected chi connectivity index (χ1v) is 8.80. The highest BCUT2D eigenvalue weighted by Crippen LogP contribution is 2.30. The third-order valence-corrected chi connectivity index (χ3v) is 5.78. The van der Waals surface area contributed by atoms with Crippen molar-refractivity contribution in [2.24, 2.45) is 0 Å². The van der Waals surface area contributed by atoms with E-state index in [1.807, 2.05) is 25.1 Å². The van der Waals surface area contributed by atoms with Crippen LogP contribution >= 0.6 is 0 Å². The third-order valence-electron chi connectivity index (χ3n) is 3.74. The van der Waals surface area contributed by atoms with E-state index in [2.05, 4.69) is 4.98 Å². The summed E-state index contributed by atoms with van der Waals surface area (Å²) in [6, 6.07) is 7.37. The molecule has 0 N–H and O–H groups in total. The van der Waals surface area contributed by atoms with Crippen molar-refractivity contribution in [2.45, 2.75) is 25.2 Å². The molecule has 0 saturated heterocycles. The highest BCUT2D eigenvalue weighted by molar-refractivity contribution is 7.89. The van der Waals surface area contributed by atoms with E-state index in [9.17, 15) is 8.42 Å². The number of ether oxygens (including phenoxy) is 1. The molecule has 0 radical (unpaired) electrons. The first-order chi connectivity index (χ1) is 10.9. The number of likely N-dealkylation sites (N-methyl/N-ethyl adjacent to an activating group) is 1. The zero-order valence-electron chi connectivity index (χ0n) is 13.9. The van der Waals surface area contributed by atoms with Crippen LogP contribution in [0.2, 0.25) is 0 Å². The molecule has 0 aliphatic heterocycles. The van der Waals surface area contributed by atoms with E-state index in [1.165, 1.54) is 11.4 Å². The smallest absolute Gasteiger partial charge is 0.246 e. The molecule has 0 amide bonds. The molecule has 1 heterocycles. The Morgan fingerprint density at radius 3 is 2.43 bits per heavy atom. The number of hydrogen-bond donors (Lipinski definition) is 0. The van der Waals surface area contributed by atoms with Crippen LogP contribution in [-0.4, -0.2) is 38.4 Å². The third kappa shape index (κ3) is 3.89. The lowest BCUT2D eigenvalue weighted by Gasteiger charge is -2.20. The molecule has 124 valence electrons. The Labute approximate surface area is 138 Å².